The quantitative estimate of drug-likeness (QED) is 0.415. The molecular weight excluding hydrogens is 454 g/mol. The van der Waals surface area contributed by atoms with Crippen molar-refractivity contribution in [3.63, 3.8) is 0 Å². The Kier molecular flexibility index (Phi) is 7.08. The standard InChI is InChI=1S/C24H22ClN5O.CH2O2/c25-18-3-5-19(6-4-18)30-21-15-28-11-7-20(21)22(23(30)17-2-1-10-27-14-17)16-8-12-29(13-9-16)24(26)31;2-1-3/h1-7,10-11,14-16H,8-9,12-13H2,(H2,26,31);1H,(H,2,3). The van der Waals surface area contributed by atoms with E-state index in [9.17, 15) is 4.79 Å². The van der Waals surface area contributed by atoms with Gasteiger partial charge in [-0.25, -0.2) is 4.79 Å². The number of primary amides is 1. The molecule has 0 saturated carbocycles. The van der Waals surface area contributed by atoms with Crippen molar-refractivity contribution >= 4 is 35.0 Å². The number of carbonyl (C=O) groups is 2. The number of piperidine rings is 1. The third-order valence-corrected chi connectivity index (χ3v) is 6.30. The molecule has 1 saturated heterocycles. The number of hydrogen-bond acceptors (Lipinski definition) is 4. The number of carbonyl (C=O) groups excluding carboxylic acids is 1. The zero-order valence-corrected chi connectivity index (χ0v) is 19.1. The first-order chi connectivity index (χ1) is 16.5. The minimum atomic E-state index is -0.348. The number of nitrogens with two attached hydrogens (primary N) is 1. The summed E-state index contributed by atoms with van der Waals surface area (Å²) in [4.78, 5) is 30.5. The minimum absolute atomic E-state index is 0.250. The lowest BCUT2D eigenvalue weighted by Gasteiger charge is -2.31. The fourth-order valence-corrected chi connectivity index (χ4v) is 4.73. The SMILES string of the molecule is NC(=O)N1CCC(c2c(-c3cccnc3)n(-c3ccc(Cl)cc3)c3cnccc23)CC1.O=CO. The van der Waals surface area contributed by atoms with Gasteiger partial charge in [0.1, 0.15) is 0 Å². The van der Waals surface area contributed by atoms with E-state index in [1.54, 1.807) is 11.1 Å². The lowest BCUT2D eigenvalue weighted by molar-refractivity contribution is -0.122. The molecule has 4 heterocycles. The highest BCUT2D eigenvalue weighted by molar-refractivity contribution is 6.30. The Morgan fingerprint density at radius 2 is 1.74 bits per heavy atom. The van der Waals surface area contributed by atoms with Crippen molar-refractivity contribution in [1.29, 1.82) is 0 Å². The van der Waals surface area contributed by atoms with Gasteiger partial charge in [-0.15, -0.1) is 0 Å². The van der Waals surface area contributed by atoms with Gasteiger partial charge in [-0.3, -0.25) is 14.8 Å². The van der Waals surface area contributed by atoms with Crippen LogP contribution in [0.4, 0.5) is 4.79 Å². The van der Waals surface area contributed by atoms with Crippen molar-refractivity contribution in [2.45, 2.75) is 18.8 Å². The van der Waals surface area contributed by atoms with Gasteiger partial charge in [0.15, 0.2) is 0 Å². The molecule has 9 heteroatoms. The van der Waals surface area contributed by atoms with Gasteiger partial charge in [-0.1, -0.05) is 11.6 Å². The first-order valence-corrected chi connectivity index (χ1v) is 11.2. The number of rotatable bonds is 3. The molecule has 3 N–H and O–H groups in total. The molecule has 5 rings (SSSR count). The first-order valence-electron chi connectivity index (χ1n) is 10.8. The Hall–Kier alpha value is -3.91. The number of urea groups is 1. The minimum Gasteiger partial charge on any atom is -0.483 e. The highest BCUT2D eigenvalue weighted by Crippen LogP contribution is 2.43. The second-order valence-corrected chi connectivity index (χ2v) is 8.35. The van der Waals surface area contributed by atoms with Crippen LogP contribution in [0.2, 0.25) is 5.02 Å². The summed E-state index contributed by atoms with van der Waals surface area (Å²) >= 11 is 6.17. The number of benzene rings is 1. The van der Waals surface area contributed by atoms with Gasteiger partial charge >= 0.3 is 6.03 Å². The monoisotopic (exact) mass is 477 g/mol. The van der Waals surface area contributed by atoms with E-state index < -0.39 is 0 Å². The van der Waals surface area contributed by atoms with E-state index in [2.05, 4.69) is 26.7 Å². The number of carboxylic acid groups (broad SMARTS) is 1. The van der Waals surface area contributed by atoms with Crippen LogP contribution in [0.1, 0.15) is 24.3 Å². The number of likely N-dealkylation sites (tertiary alicyclic amines) is 1. The fraction of sp³-hybridized carbons (Fsp3) is 0.200. The molecule has 1 fully saturated rings. The number of fused-ring (bicyclic) bond motifs is 1. The Morgan fingerprint density at radius 3 is 2.35 bits per heavy atom. The maximum Gasteiger partial charge on any atom is 0.314 e. The second-order valence-electron chi connectivity index (χ2n) is 7.91. The molecule has 8 nitrogen and oxygen atoms in total. The predicted octanol–water partition coefficient (Wildman–Crippen LogP) is 4.70. The Balaban J connectivity index is 0.000000868. The molecule has 1 aliphatic heterocycles. The Morgan fingerprint density at radius 1 is 1.06 bits per heavy atom. The van der Waals surface area contributed by atoms with Crippen molar-refractivity contribution in [2.75, 3.05) is 13.1 Å². The van der Waals surface area contributed by atoms with Crippen LogP contribution in [0.25, 0.3) is 27.8 Å². The summed E-state index contributed by atoms with van der Waals surface area (Å²) in [5.74, 6) is 0.296. The van der Waals surface area contributed by atoms with Crippen LogP contribution >= 0.6 is 11.6 Å². The molecule has 0 unspecified atom stereocenters. The molecule has 0 atom stereocenters. The lowest BCUT2D eigenvalue weighted by Crippen LogP contribution is -2.41. The van der Waals surface area contributed by atoms with Gasteiger partial charge in [0.25, 0.3) is 6.47 Å². The molecule has 3 aromatic heterocycles. The van der Waals surface area contributed by atoms with E-state index in [4.69, 9.17) is 27.2 Å². The molecule has 1 aromatic carbocycles. The largest absolute Gasteiger partial charge is 0.483 e. The van der Waals surface area contributed by atoms with Crippen molar-refractivity contribution in [2.24, 2.45) is 5.73 Å². The number of aromatic nitrogens is 3. The number of halogens is 1. The summed E-state index contributed by atoms with van der Waals surface area (Å²) in [6, 6.07) is 13.6. The van der Waals surface area contributed by atoms with Crippen LogP contribution in [-0.2, 0) is 4.79 Å². The summed E-state index contributed by atoms with van der Waals surface area (Å²) in [6.07, 6.45) is 9.15. The fourth-order valence-electron chi connectivity index (χ4n) is 4.61. The molecule has 0 spiro atoms. The van der Waals surface area contributed by atoms with E-state index >= 15 is 0 Å². The van der Waals surface area contributed by atoms with Crippen LogP contribution in [0, 0.1) is 0 Å². The van der Waals surface area contributed by atoms with Crippen LogP contribution in [-0.4, -0.2) is 50.1 Å². The number of hydrogen-bond donors (Lipinski definition) is 2. The average molecular weight is 478 g/mol. The topological polar surface area (TPSA) is 114 Å². The van der Waals surface area contributed by atoms with E-state index in [1.807, 2.05) is 48.9 Å². The van der Waals surface area contributed by atoms with Crippen molar-refractivity contribution in [3.8, 4) is 16.9 Å². The molecule has 0 radical (unpaired) electrons. The van der Waals surface area contributed by atoms with Crippen LogP contribution in [0.3, 0.4) is 0 Å². The normalized spacial score (nSPS) is 13.9. The van der Waals surface area contributed by atoms with Crippen molar-refractivity contribution in [3.05, 3.63) is 77.8 Å². The predicted molar refractivity (Wildman–Crippen MR) is 131 cm³/mol. The average Bonchev–Trinajstić information content (AvgIpc) is 3.21. The zero-order valence-electron chi connectivity index (χ0n) is 18.3. The highest BCUT2D eigenvalue weighted by Gasteiger charge is 2.29. The maximum absolute atomic E-state index is 11.6. The van der Waals surface area contributed by atoms with E-state index in [0.717, 1.165) is 35.3 Å². The van der Waals surface area contributed by atoms with Gasteiger partial charge in [0.2, 0.25) is 0 Å². The summed E-state index contributed by atoms with van der Waals surface area (Å²) in [7, 11) is 0. The van der Waals surface area contributed by atoms with Crippen LogP contribution < -0.4 is 5.73 Å². The number of nitrogens with zero attached hydrogens (tertiary/aromatic N) is 4. The van der Waals surface area contributed by atoms with Crippen molar-refractivity contribution in [1.82, 2.24) is 19.4 Å². The van der Waals surface area contributed by atoms with E-state index in [1.165, 1.54) is 10.9 Å². The summed E-state index contributed by atoms with van der Waals surface area (Å²) in [5, 5.41) is 8.75. The molecule has 4 aromatic rings. The molecular formula is C25H24ClN5O3. The molecule has 2 amide bonds. The van der Waals surface area contributed by atoms with Gasteiger partial charge < -0.3 is 20.3 Å². The third kappa shape index (κ3) is 4.58. The summed E-state index contributed by atoms with van der Waals surface area (Å²) in [5.41, 5.74) is 11.0. The molecule has 1 aliphatic rings. The van der Waals surface area contributed by atoms with Crippen LogP contribution in [0.5, 0.6) is 0 Å². The molecule has 0 aliphatic carbocycles. The van der Waals surface area contributed by atoms with E-state index in [-0.39, 0.29) is 12.5 Å². The molecule has 0 bridgehead atoms. The zero-order chi connectivity index (χ0) is 24.1. The first kappa shape index (κ1) is 23.3. The van der Waals surface area contributed by atoms with Gasteiger partial charge in [0.05, 0.1) is 17.4 Å². The van der Waals surface area contributed by atoms with Crippen molar-refractivity contribution < 1.29 is 14.7 Å². The molecule has 174 valence electrons. The third-order valence-electron chi connectivity index (χ3n) is 6.04. The summed E-state index contributed by atoms with van der Waals surface area (Å²) < 4.78 is 2.24. The van der Waals surface area contributed by atoms with Gasteiger partial charge in [-0.05, 0) is 66.8 Å². The smallest absolute Gasteiger partial charge is 0.314 e. The van der Waals surface area contributed by atoms with Gasteiger partial charge in [0, 0.05) is 53.3 Å². The van der Waals surface area contributed by atoms with E-state index in [0.29, 0.717) is 24.0 Å². The Labute approximate surface area is 201 Å². The summed E-state index contributed by atoms with van der Waals surface area (Å²) in [6.45, 7) is 1.07. The maximum atomic E-state index is 11.6. The lowest BCUT2D eigenvalue weighted by atomic mass is 9.86. The number of pyridine rings is 2. The van der Waals surface area contributed by atoms with Gasteiger partial charge in [-0.2, -0.15) is 0 Å². The molecule has 34 heavy (non-hydrogen) atoms. The van der Waals surface area contributed by atoms with Crippen LogP contribution in [0.15, 0.2) is 67.3 Å². The highest BCUT2D eigenvalue weighted by atomic mass is 35.5. The second kappa shape index (κ2) is 10.4. The Bertz CT molecular complexity index is 1280. The number of amides is 2.